The highest BCUT2D eigenvalue weighted by Crippen LogP contribution is 2.34. The molecule has 29 heavy (non-hydrogen) atoms. The van der Waals surface area contributed by atoms with E-state index in [1.54, 1.807) is 12.1 Å². The predicted molar refractivity (Wildman–Crippen MR) is 110 cm³/mol. The molecule has 8 nitrogen and oxygen atoms in total. The van der Waals surface area contributed by atoms with Crippen LogP contribution >= 0.6 is 15.9 Å². The third-order valence-corrected chi connectivity index (χ3v) is 5.44. The second kappa shape index (κ2) is 9.95. The average molecular weight is 488 g/mol. The van der Waals surface area contributed by atoms with Crippen LogP contribution in [-0.4, -0.2) is 34.7 Å². The zero-order chi connectivity index (χ0) is 21.6. The Labute approximate surface area is 178 Å². The molecule has 0 spiro atoms. The summed E-state index contributed by atoms with van der Waals surface area (Å²) >= 11 is 3.43. The predicted octanol–water partition coefficient (Wildman–Crippen LogP) is 3.26. The lowest BCUT2D eigenvalue weighted by Crippen LogP contribution is -2.14. The van der Waals surface area contributed by atoms with E-state index in [1.165, 1.54) is 19.2 Å². The summed E-state index contributed by atoms with van der Waals surface area (Å²) in [5.41, 5.74) is 0.595. The Hall–Kier alpha value is -2.30. The maximum absolute atomic E-state index is 12.6. The number of carbonyl (C=O) groups excluding carboxylic acids is 1. The summed E-state index contributed by atoms with van der Waals surface area (Å²) in [6.07, 6.45) is 0. The van der Waals surface area contributed by atoms with E-state index < -0.39 is 16.0 Å². The molecule has 0 aliphatic heterocycles. The summed E-state index contributed by atoms with van der Waals surface area (Å²) in [6.45, 7) is 4.54. The Bertz CT molecular complexity index is 992. The monoisotopic (exact) mass is 487 g/mol. The molecule has 0 fully saturated rings. The molecule has 158 valence electrons. The third-order valence-electron chi connectivity index (χ3n) is 3.79. The summed E-state index contributed by atoms with van der Waals surface area (Å²) < 4.78 is 45.4. The van der Waals surface area contributed by atoms with Crippen molar-refractivity contribution in [2.24, 2.45) is 5.14 Å². The molecule has 2 aromatic rings. The number of benzene rings is 2. The fourth-order valence-corrected chi connectivity index (χ4v) is 3.45. The van der Waals surface area contributed by atoms with Crippen LogP contribution in [0.4, 0.5) is 0 Å². The number of methoxy groups -OCH3 is 1. The fourth-order valence-electron chi connectivity index (χ4n) is 2.47. The zero-order valence-corrected chi connectivity index (χ0v) is 18.6. The number of nitrogens with two attached hydrogens (primary N) is 1. The van der Waals surface area contributed by atoms with Gasteiger partial charge in [0.1, 0.15) is 17.9 Å². The first-order chi connectivity index (χ1) is 13.7. The molecule has 10 heteroatoms. The van der Waals surface area contributed by atoms with Gasteiger partial charge < -0.3 is 18.9 Å². The van der Waals surface area contributed by atoms with Gasteiger partial charge >= 0.3 is 5.97 Å². The highest BCUT2D eigenvalue weighted by molar-refractivity contribution is 9.10. The van der Waals surface area contributed by atoms with E-state index in [1.807, 2.05) is 13.8 Å². The second-order valence-corrected chi connectivity index (χ2v) is 8.16. The number of esters is 1. The standard InChI is InChI=1S/C19H22BrNO7S/c1-4-26-17-8-12(15(20)10-18(17)27-5-2)11-28-19(22)14-9-13(29(21,23)24)6-7-16(14)25-3/h6-10H,4-5,11H2,1-3H3,(H2,21,23,24). The molecule has 2 N–H and O–H groups in total. The number of sulfonamides is 1. The highest BCUT2D eigenvalue weighted by Gasteiger charge is 2.19. The minimum absolute atomic E-state index is 0.0499. The van der Waals surface area contributed by atoms with Gasteiger partial charge in [0.15, 0.2) is 11.5 Å². The smallest absolute Gasteiger partial charge is 0.342 e. The number of ether oxygens (including phenoxy) is 4. The van der Waals surface area contributed by atoms with Crippen molar-refractivity contribution < 1.29 is 32.2 Å². The van der Waals surface area contributed by atoms with E-state index in [-0.39, 0.29) is 22.8 Å². The molecule has 0 heterocycles. The van der Waals surface area contributed by atoms with Crippen LogP contribution < -0.4 is 19.3 Å². The number of rotatable bonds is 9. The summed E-state index contributed by atoms with van der Waals surface area (Å²) in [7, 11) is -2.62. The first-order valence-corrected chi connectivity index (χ1v) is 11.0. The van der Waals surface area contributed by atoms with Gasteiger partial charge in [-0.15, -0.1) is 0 Å². The molecular formula is C19H22BrNO7S. The molecule has 0 amide bonds. The van der Waals surface area contributed by atoms with Gasteiger partial charge in [0, 0.05) is 10.0 Å². The van der Waals surface area contributed by atoms with E-state index in [0.717, 1.165) is 6.07 Å². The van der Waals surface area contributed by atoms with Gasteiger partial charge in [0.25, 0.3) is 0 Å². The Morgan fingerprint density at radius 3 is 2.21 bits per heavy atom. The zero-order valence-electron chi connectivity index (χ0n) is 16.2. The van der Waals surface area contributed by atoms with E-state index >= 15 is 0 Å². The van der Waals surface area contributed by atoms with E-state index in [2.05, 4.69) is 15.9 Å². The average Bonchev–Trinajstić information content (AvgIpc) is 2.67. The molecule has 2 rings (SSSR count). The highest BCUT2D eigenvalue weighted by atomic mass is 79.9. The number of hydrogen-bond donors (Lipinski definition) is 1. The summed E-state index contributed by atoms with van der Waals surface area (Å²) in [5, 5.41) is 5.13. The summed E-state index contributed by atoms with van der Waals surface area (Å²) in [4.78, 5) is 12.3. The Kier molecular flexibility index (Phi) is 7.88. The summed E-state index contributed by atoms with van der Waals surface area (Å²) in [6, 6.07) is 7.16. The van der Waals surface area contributed by atoms with Crippen LogP contribution in [0.5, 0.6) is 17.2 Å². The lowest BCUT2D eigenvalue weighted by atomic mass is 10.2. The first kappa shape index (κ1) is 23.0. The molecule has 0 aliphatic rings. The van der Waals surface area contributed by atoms with Gasteiger partial charge in [-0.1, -0.05) is 15.9 Å². The number of hydrogen-bond acceptors (Lipinski definition) is 7. The van der Waals surface area contributed by atoms with Gasteiger partial charge in [0.05, 0.1) is 25.2 Å². The maximum atomic E-state index is 12.6. The van der Waals surface area contributed by atoms with Gasteiger partial charge in [-0.25, -0.2) is 18.4 Å². The van der Waals surface area contributed by atoms with Gasteiger partial charge in [-0.05, 0) is 44.2 Å². The van der Waals surface area contributed by atoms with Gasteiger partial charge in [-0.2, -0.15) is 0 Å². The van der Waals surface area contributed by atoms with Crippen molar-refractivity contribution in [1.82, 2.24) is 0 Å². The largest absolute Gasteiger partial charge is 0.496 e. The molecular weight excluding hydrogens is 466 g/mol. The van der Waals surface area contributed by atoms with E-state index in [0.29, 0.717) is 34.7 Å². The van der Waals surface area contributed by atoms with E-state index in [9.17, 15) is 13.2 Å². The third kappa shape index (κ3) is 5.84. The Morgan fingerprint density at radius 2 is 1.66 bits per heavy atom. The molecule has 0 aromatic heterocycles. The van der Waals surface area contributed by atoms with Gasteiger partial charge in [0.2, 0.25) is 10.0 Å². The van der Waals surface area contributed by atoms with Crippen molar-refractivity contribution in [1.29, 1.82) is 0 Å². The van der Waals surface area contributed by atoms with Crippen LogP contribution in [0.15, 0.2) is 39.7 Å². The molecule has 0 aliphatic carbocycles. The van der Waals surface area contributed by atoms with Crippen LogP contribution in [-0.2, 0) is 21.4 Å². The van der Waals surface area contributed by atoms with Crippen LogP contribution in [0.3, 0.4) is 0 Å². The molecule has 2 aromatic carbocycles. The normalized spacial score (nSPS) is 11.1. The fraction of sp³-hybridized carbons (Fsp3) is 0.316. The number of carbonyl (C=O) groups is 1. The van der Waals surface area contributed by atoms with Crippen LogP contribution in [0.25, 0.3) is 0 Å². The molecule has 0 radical (unpaired) electrons. The molecule has 0 bridgehead atoms. The van der Waals surface area contributed by atoms with Crippen LogP contribution in [0.2, 0.25) is 0 Å². The van der Waals surface area contributed by atoms with Crippen LogP contribution in [0.1, 0.15) is 29.8 Å². The van der Waals surface area contributed by atoms with Crippen molar-refractivity contribution in [2.75, 3.05) is 20.3 Å². The van der Waals surface area contributed by atoms with E-state index in [4.69, 9.17) is 24.1 Å². The van der Waals surface area contributed by atoms with Crippen LogP contribution in [0, 0.1) is 0 Å². The lowest BCUT2D eigenvalue weighted by molar-refractivity contribution is 0.0467. The Morgan fingerprint density at radius 1 is 1.03 bits per heavy atom. The molecule has 0 saturated heterocycles. The Balaban J connectivity index is 2.28. The van der Waals surface area contributed by atoms with Crippen molar-refractivity contribution in [3.8, 4) is 17.2 Å². The number of halogens is 1. The molecule has 0 saturated carbocycles. The first-order valence-electron chi connectivity index (χ1n) is 8.67. The molecule has 0 atom stereocenters. The minimum Gasteiger partial charge on any atom is -0.496 e. The second-order valence-electron chi connectivity index (χ2n) is 5.74. The van der Waals surface area contributed by atoms with Crippen molar-refractivity contribution in [3.05, 3.63) is 45.9 Å². The quantitative estimate of drug-likeness (QED) is 0.539. The molecule has 0 unspecified atom stereocenters. The minimum atomic E-state index is -3.98. The maximum Gasteiger partial charge on any atom is 0.342 e. The van der Waals surface area contributed by atoms with Crippen molar-refractivity contribution in [3.63, 3.8) is 0 Å². The topological polar surface area (TPSA) is 114 Å². The SMILES string of the molecule is CCOc1cc(Br)c(COC(=O)c2cc(S(N)(=O)=O)ccc2OC)cc1OCC. The van der Waals surface area contributed by atoms with Crippen molar-refractivity contribution in [2.45, 2.75) is 25.3 Å². The number of primary sulfonamides is 1. The van der Waals surface area contributed by atoms with Crippen molar-refractivity contribution >= 4 is 31.9 Å². The van der Waals surface area contributed by atoms with Gasteiger partial charge in [-0.3, -0.25) is 0 Å². The lowest BCUT2D eigenvalue weighted by Gasteiger charge is -2.15. The summed E-state index contributed by atoms with van der Waals surface area (Å²) in [5.74, 6) is 0.505.